The van der Waals surface area contributed by atoms with Gasteiger partial charge in [0.1, 0.15) is 12.2 Å². The van der Waals surface area contributed by atoms with Crippen molar-refractivity contribution in [3.8, 4) is 34.5 Å². The molecule has 13 heteroatoms. The van der Waals surface area contributed by atoms with E-state index in [1.165, 1.54) is 31.4 Å². The van der Waals surface area contributed by atoms with Gasteiger partial charge >= 0.3 is 23.5 Å². The average molecular weight is 809 g/mol. The molecule has 6 aromatic carbocycles. The highest BCUT2D eigenvalue weighted by molar-refractivity contribution is 5.92. The van der Waals surface area contributed by atoms with Crippen LogP contribution < -0.4 is 18.9 Å². The standard InChI is InChI=1S/C47H36O13/c1-52-41-40(55-43(50)27-22-33(48)38-35(24-27)57-46(59-38,29-14-6-2-7-15-29)30-16-8-3-9-17-30)37-26-53-45(54-37)42(41)56-44(51)28-23-34(49)39-36(25-28)58-47(60-39,31-18-10-4-11-19-31)32-20-12-5-13-21-32/h2-25,37,40-42,45,48-49H,26H2,1H3/t37-,40-,41+,42-,45+/m1/s1. The molecular weight excluding hydrogens is 773 g/mol. The summed E-state index contributed by atoms with van der Waals surface area (Å²) in [7, 11) is 1.38. The Morgan fingerprint density at radius 1 is 0.550 bits per heavy atom. The molecule has 2 saturated heterocycles. The van der Waals surface area contributed by atoms with Crippen molar-refractivity contribution in [2.45, 2.75) is 42.3 Å². The minimum atomic E-state index is -1.45. The quantitative estimate of drug-likeness (QED) is 0.145. The third-order valence-electron chi connectivity index (χ3n) is 10.9. The molecule has 13 nitrogen and oxygen atoms in total. The first kappa shape index (κ1) is 37.2. The Kier molecular flexibility index (Phi) is 9.08. The van der Waals surface area contributed by atoms with Crippen molar-refractivity contribution in [2.24, 2.45) is 0 Å². The maximum Gasteiger partial charge on any atom is 0.338 e. The Bertz CT molecular complexity index is 2310. The number of carbonyl (C=O) groups excluding carboxylic acids is 2. The normalized spacial score (nSPS) is 22.5. The summed E-state index contributed by atoms with van der Waals surface area (Å²) < 4.78 is 55.3. The molecule has 60 heavy (non-hydrogen) atoms. The number of hydrogen-bond acceptors (Lipinski definition) is 13. The van der Waals surface area contributed by atoms with E-state index >= 15 is 0 Å². The van der Waals surface area contributed by atoms with E-state index in [4.69, 9.17) is 42.6 Å². The van der Waals surface area contributed by atoms with Gasteiger partial charge in [0.25, 0.3) is 0 Å². The van der Waals surface area contributed by atoms with Crippen LogP contribution in [0.1, 0.15) is 43.0 Å². The van der Waals surface area contributed by atoms with Crippen LogP contribution in [-0.2, 0) is 35.3 Å². The topological polar surface area (TPSA) is 158 Å². The number of benzene rings is 6. The number of carbonyl (C=O) groups is 2. The Hall–Kier alpha value is -7.06. The van der Waals surface area contributed by atoms with Gasteiger partial charge in [0.2, 0.25) is 11.5 Å². The summed E-state index contributed by atoms with van der Waals surface area (Å²) in [4.78, 5) is 27.8. The van der Waals surface area contributed by atoms with Gasteiger partial charge in [-0.05, 0) is 24.3 Å². The van der Waals surface area contributed by atoms with E-state index in [-0.39, 0.29) is 52.2 Å². The maximum atomic E-state index is 13.9. The SMILES string of the molecule is CO[C@@H]1[C@@H](OC(=O)c2cc(O)c3c(c2)OC(c2ccccc2)(c2ccccc2)O3)[C@H]2OC[C@@H](O2)[C@H]1OC(=O)c1cc(O)c2c(c1)OC(c1ccccc1)(c1ccccc1)O2. The lowest BCUT2D eigenvalue weighted by Crippen LogP contribution is -2.57. The lowest BCUT2D eigenvalue weighted by Gasteiger charge is -2.38. The number of ether oxygens (including phenoxy) is 9. The first-order valence-electron chi connectivity index (χ1n) is 19.2. The summed E-state index contributed by atoms with van der Waals surface area (Å²) in [6.45, 7) is 0.00541. The smallest absolute Gasteiger partial charge is 0.338 e. The van der Waals surface area contributed by atoms with Gasteiger partial charge in [-0.2, -0.15) is 0 Å². The van der Waals surface area contributed by atoms with Gasteiger partial charge in [-0.15, -0.1) is 0 Å². The van der Waals surface area contributed by atoms with Crippen molar-refractivity contribution in [1.29, 1.82) is 0 Å². The van der Waals surface area contributed by atoms with E-state index in [0.717, 1.165) is 0 Å². The van der Waals surface area contributed by atoms with Gasteiger partial charge in [0.05, 0.1) is 17.7 Å². The summed E-state index contributed by atoms with van der Waals surface area (Å²) in [6.07, 6.45) is -5.22. The number of methoxy groups -OCH3 is 1. The molecule has 4 aliphatic rings. The van der Waals surface area contributed by atoms with E-state index in [0.29, 0.717) is 22.3 Å². The minimum Gasteiger partial charge on any atom is -0.504 e. The third kappa shape index (κ3) is 6.13. The van der Waals surface area contributed by atoms with Crippen LogP contribution in [0.3, 0.4) is 0 Å². The summed E-state index contributed by atoms with van der Waals surface area (Å²) in [5, 5.41) is 22.4. The molecule has 0 amide bonds. The van der Waals surface area contributed by atoms with Crippen LogP contribution in [-0.4, -0.2) is 66.6 Å². The molecule has 2 fully saturated rings. The van der Waals surface area contributed by atoms with Gasteiger partial charge < -0.3 is 52.8 Å². The zero-order chi connectivity index (χ0) is 41.0. The summed E-state index contributed by atoms with van der Waals surface area (Å²) in [5.41, 5.74) is 2.55. The summed E-state index contributed by atoms with van der Waals surface area (Å²) >= 11 is 0. The number of fused-ring (bicyclic) bond motifs is 4. The average Bonchev–Trinajstić information content (AvgIpc) is 4.03. The number of phenols is 2. The molecule has 5 atom stereocenters. The Morgan fingerprint density at radius 3 is 1.35 bits per heavy atom. The van der Waals surface area contributed by atoms with Gasteiger partial charge in [0.15, 0.2) is 41.5 Å². The summed E-state index contributed by atoms with van der Waals surface area (Å²) in [6, 6.07) is 42.3. The van der Waals surface area contributed by atoms with E-state index in [2.05, 4.69) is 0 Å². The van der Waals surface area contributed by atoms with Crippen LogP contribution in [0, 0.1) is 0 Å². The first-order chi connectivity index (χ1) is 29.3. The van der Waals surface area contributed by atoms with Crippen molar-refractivity contribution < 1.29 is 62.4 Å². The molecule has 6 aromatic rings. The lowest BCUT2D eigenvalue weighted by molar-refractivity contribution is -0.234. The maximum absolute atomic E-state index is 13.9. The molecule has 0 unspecified atom stereocenters. The number of phenolic OH excluding ortho intramolecular Hbond substituents is 2. The molecule has 4 heterocycles. The van der Waals surface area contributed by atoms with Crippen LogP contribution in [0.15, 0.2) is 146 Å². The third-order valence-corrected chi connectivity index (χ3v) is 10.9. The molecular formula is C47H36O13. The van der Waals surface area contributed by atoms with Gasteiger partial charge in [-0.25, -0.2) is 9.59 Å². The van der Waals surface area contributed by atoms with E-state index in [1.807, 2.05) is 121 Å². The zero-order valence-electron chi connectivity index (χ0n) is 31.8. The fourth-order valence-electron chi connectivity index (χ4n) is 8.10. The second-order valence-electron chi connectivity index (χ2n) is 14.6. The Morgan fingerprint density at radius 2 is 0.950 bits per heavy atom. The van der Waals surface area contributed by atoms with E-state index in [1.54, 1.807) is 0 Å². The molecule has 0 aromatic heterocycles. The van der Waals surface area contributed by atoms with Crippen molar-refractivity contribution in [3.05, 3.63) is 179 Å². The highest BCUT2D eigenvalue weighted by atomic mass is 16.8. The van der Waals surface area contributed by atoms with Gasteiger partial charge in [-0.1, -0.05) is 121 Å². The van der Waals surface area contributed by atoms with Crippen LogP contribution in [0.5, 0.6) is 34.5 Å². The van der Waals surface area contributed by atoms with E-state index in [9.17, 15) is 19.8 Å². The van der Waals surface area contributed by atoms with Crippen molar-refractivity contribution in [1.82, 2.24) is 0 Å². The second kappa shape index (κ2) is 14.6. The van der Waals surface area contributed by atoms with Gasteiger partial charge in [-0.3, -0.25) is 0 Å². The van der Waals surface area contributed by atoms with Crippen LogP contribution in [0.2, 0.25) is 0 Å². The van der Waals surface area contributed by atoms with Crippen LogP contribution >= 0.6 is 0 Å². The van der Waals surface area contributed by atoms with Crippen LogP contribution in [0.25, 0.3) is 0 Å². The number of aromatic hydroxyl groups is 2. The first-order valence-corrected chi connectivity index (χ1v) is 19.2. The van der Waals surface area contributed by atoms with Crippen molar-refractivity contribution in [2.75, 3.05) is 13.7 Å². The predicted octanol–water partition coefficient (Wildman–Crippen LogP) is 6.96. The molecule has 0 spiro atoms. The van der Waals surface area contributed by atoms with Crippen molar-refractivity contribution in [3.63, 3.8) is 0 Å². The Balaban J connectivity index is 0.892. The highest BCUT2D eigenvalue weighted by Gasteiger charge is 2.56. The lowest BCUT2D eigenvalue weighted by atomic mass is 9.97. The molecule has 2 bridgehead atoms. The van der Waals surface area contributed by atoms with Gasteiger partial charge in [0, 0.05) is 29.4 Å². The zero-order valence-corrected chi connectivity index (χ0v) is 31.8. The second-order valence-corrected chi connectivity index (χ2v) is 14.6. The molecule has 0 radical (unpaired) electrons. The highest BCUT2D eigenvalue weighted by Crippen LogP contribution is 2.54. The molecule has 0 saturated carbocycles. The molecule has 302 valence electrons. The monoisotopic (exact) mass is 808 g/mol. The number of rotatable bonds is 9. The minimum absolute atomic E-state index is 0.00541. The predicted molar refractivity (Wildman–Crippen MR) is 210 cm³/mol. The fourth-order valence-corrected chi connectivity index (χ4v) is 8.10. The Labute approximate surface area is 343 Å². The van der Waals surface area contributed by atoms with Crippen LogP contribution in [0.4, 0.5) is 0 Å². The van der Waals surface area contributed by atoms with Crippen molar-refractivity contribution >= 4 is 11.9 Å². The molecule has 10 rings (SSSR count). The largest absolute Gasteiger partial charge is 0.504 e. The van der Waals surface area contributed by atoms with E-state index < -0.39 is 54.2 Å². The number of hydrogen-bond donors (Lipinski definition) is 2. The fraction of sp³-hybridized carbons (Fsp3) is 0.191. The molecule has 2 N–H and O–H groups in total. The molecule has 4 aliphatic heterocycles. The molecule has 0 aliphatic carbocycles. The number of esters is 2. The summed E-state index contributed by atoms with van der Waals surface area (Å²) in [5.74, 6) is -4.98.